The summed E-state index contributed by atoms with van der Waals surface area (Å²) in [5.41, 5.74) is 4.33. The molecule has 1 spiro atoms. The molecule has 2 heteroatoms. The normalized spacial score (nSPS) is 33.3. The molecule has 5 rings (SSSR count). The third kappa shape index (κ3) is 1.17. The van der Waals surface area contributed by atoms with Crippen LogP contribution in [0.4, 0.5) is 0 Å². The van der Waals surface area contributed by atoms with E-state index in [0.29, 0.717) is 5.92 Å². The highest BCUT2D eigenvalue weighted by molar-refractivity contribution is 6.03. The van der Waals surface area contributed by atoms with Gasteiger partial charge in [0.15, 0.2) is 11.8 Å². The molecule has 4 aliphatic rings. The largest absolute Gasteiger partial charge is 0.295 e. The number of hydrogen-bond donors (Lipinski definition) is 0. The van der Waals surface area contributed by atoms with Gasteiger partial charge >= 0.3 is 0 Å². The molecule has 0 saturated carbocycles. The Kier molecular flexibility index (Phi) is 1.90. The van der Waals surface area contributed by atoms with Crippen molar-refractivity contribution in [3.63, 3.8) is 0 Å². The van der Waals surface area contributed by atoms with Gasteiger partial charge < -0.3 is 0 Å². The zero-order chi connectivity index (χ0) is 13.3. The minimum absolute atomic E-state index is 0.0716. The van der Waals surface area contributed by atoms with Crippen LogP contribution in [0.2, 0.25) is 0 Å². The highest BCUT2D eigenvalue weighted by Gasteiger charge is 2.57. The molecule has 0 aromatic heterocycles. The SMILES string of the molecule is C[N+]1=C[C@]23C=NCC(C=C2C1(C)C)c1ccccc13. The monoisotopic (exact) mass is 251 g/mol. The number of rotatable bonds is 0. The number of hydrogen-bond acceptors (Lipinski definition) is 1. The van der Waals surface area contributed by atoms with Crippen molar-refractivity contribution < 1.29 is 4.58 Å². The molecule has 96 valence electrons. The summed E-state index contributed by atoms with van der Waals surface area (Å²) in [5, 5.41) is 0. The van der Waals surface area contributed by atoms with Gasteiger partial charge in [-0.05, 0) is 11.1 Å². The molecule has 3 heterocycles. The van der Waals surface area contributed by atoms with Gasteiger partial charge in [0.25, 0.3) is 0 Å². The molecule has 0 N–H and O–H groups in total. The van der Waals surface area contributed by atoms with E-state index in [4.69, 9.17) is 4.99 Å². The Morgan fingerprint density at radius 3 is 2.89 bits per heavy atom. The molecule has 0 amide bonds. The molecule has 2 atom stereocenters. The Bertz CT molecular complexity index is 664. The van der Waals surface area contributed by atoms with Crippen LogP contribution in [0, 0.1) is 0 Å². The van der Waals surface area contributed by atoms with E-state index < -0.39 is 0 Å². The number of aliphatic imine (C=N–C) groups is 1. The van der Waals surface area contributed by atoms with Gasteiger partial charge in [0.1, 0.15) is 12.5 Å². The third-order valence-corrected chi connectivity index (χ3v) is 5.15. The molecule has 1 aliphatic carbocycles. The summed E-state index contributed by atoms with van der Waals surface area (Å²) in [6.45, 7) is 5.50. The topological polar surface area (TPSA) is 15.4 Å². The summed E-state index contributed by atoms with van der Waals surface area (Å²) < 4.78 is 2.34. The molecule has 1 aromatic carbocycles. The van der Waals surface area contributed by atoms with Gasteiger partial charge in [-0.1, -0.05) is 30.3 Å². The van der Waals surface area contributed by atoms with Crippen LogP contribution >= 0.6 is 0 Å². The van der Waals surface area contributed by atoms with Crippen molar-refractivity contribution in [1.82, 2.24) is 0 Å². The maximum absolute atomic E-state index is 4.71. The van der Waals surface area contributed by atoms with Crippen LogP contribution in [0.1, 0.15) is 30.9 Å². The minimum atomic E-state index is -0.109. The van der Waals surface area contributed by atoms with E-state index in [0.717, 1.165) is 6.54 Å². The second-order valence-corrected chi connectivity index (χ2v) is 6.44. The fourth-order valence-corrected chi connectivity index (χ4v) is 3.91. The molecule has 1 unspecified atom stereocenters. The quantitative estimate of drug-likeness (QED) is 0.497. The first-order valence-corrected chi connectivity index (χ1v) is 6.98. The Morgan fingerprint density at radius 2 is 2.05 bits per heavy atom. The third-order valence-electron chi connectivity index (χ3n) is 5.15. The molecule has 1 aromatic rings. The molecule has 0 radical (unpaired) electrons. The molecule has 2 nitrogen and oxygen atoms in total. The fraction of sp³-hybridized carbons (Fsp3) is 0.412. The van der Waals surface area contributed by atoms with E-state index >= 15 is 0 Å². The minimum Gasteiger partial charge on any atom is -0.295 e. The van der Waals surface area contributed by atoms with Crippen LogP contribution in [0.15, 0.2) is 40.9 Å². The van der Waals surface area contributed by atoms with Crippen LogP contribution in [0.5, 0.6) is 0 Å². The van der Waals surface area contributed by atoms with Crippen molar-refractivity contribution in [2.75, 3.05) is 13.6 Å². The first-order chi connectivity index (χ1) is 9.06. The smallest absolute Gasteiger partial charge is 0.179 e. The number of benzene rings is 1. The predicted molar refractivity (Wildman–Crippen MR) is 78.6 cm³/mol. The summed E-state index contributed by atoms with van der Waals surface area (Å²) >= 11 is 0. The summed E-state index contributed by atoms with van der Waals surface area (Å²) in [5.74, 6) is 0.442. The van der Waals surface area contributed by atoms with Crippen molar-refractivity contribution >= 4 is 12.4 Å². The van der Waals surface area contributed by atoms with Crippen LogP contribution in [-0.2, 0) is 5.41 Å². The second kappa shape index (κ2) is 3.24. The van der Waals surface area contributed by atoms with E-state index in [2.05, 4.69) is 68.2 Å². The predicted octanol–water partition coefficient (Wildman–Crippen LogP) is 2.54. The van der Waals surface area contributed by atoms with Gasteiger partial charge in [-0.15, -0.1) is 0 Å². The summed E-state index contributed by atoms with van der Waals surface area (Å²) in [4.78, 5) is 4.71. The highest BCUT2D eigenvalue weighted by atomic mass is 15.1. The van der Waals surface area contributed by atoms with Crippen molar-refractivity contribution in [3.05, 3.63) is 47.0 Å². The molecular weight excluding hydrogens is 232 g/mol. The average Bonchev–Trinajstić information content (AvgIpc) is 2.58. The van der Waals surface area contributed by atoms with Crippen molar-refractivity contribution in [2.24, 2.45) is 4.99 Å². The second-order valence-electron chi connectivity index (χ2n) is 6.44. The van der Waals surface area contributed by atoms with Gasteiger partial charge in [-0.3, -0.25) is 4.99 Å². The van der Waals surface area contributed by atoms with Gasteiger partial charge in [-0.25, -0.2) is 4.58 Å². The molecule has 3 aliphatic heterocycles. The van der Waals surface area contributed by atoms with Gasteiger partial charge in [0, 0.05) is 38.1 Å². The lowest BCUT2D eigenvalue weighted by atomic mass is 9.65. The number of likely N-dealkylation sites (N-methyl/N-ethyl adjacent to an activating group) is 1. The average molecular weight is 251 g/mol. The van der Waals surface area contributed by atoms with E-state index in [-0.39, 0.29) is 11.0 Å². The van der Waals surface area contributed by atoms with Gasteiger partial charge in [-0.2, -0.15) is 0 Å². The van der Waals surface area contributed by atoms with E-state index in [1.54, 1.807) is 0 Å². The zero-order valence-corrected chi connectivity index (χ0v) is 11.7. The van der Waals surface area contributed by atoms with E-state index in [9.17, 15) is 0 Å². The van der Waals surface area contributed by atoms with Crippen LogP contribution in [0.25, 0.3) is 0 Å². The first-order valence-electron chi connectivity index (χ1n) is 6.98. The summed E-state index contributed by atoms with van der Waals surface area (Å²) in [6, 6.07) is 8.84. The summed E-state index contributed by atoms with van der Waals surface area (Å²) in [7, 11) is 2.17. The van der Waals surface area contributed by atoms with Crippen LogP contribution < -0.4 is 0 Å². The summed E-state index contributed by atoms with van der Waals surface area (Å²) in [6.07, 6.45) is 6.99. The molecule has 0 saturated heterocycles. The lowest BCUT2D eigenvalue weighted by molar-refractivity contribution is -0.552. The van der Waals surface area contributed by atoms with Gasteiger partial charge in [0.05, 0.1) is 0 Å². The number of nitrogens with zero attached hydrogens (tertiary/aromatic N) is 2. The molecule has 0 fully saturated rings. The highest BCUT2D eigenvalue weighted by Crippen LogP contribution is 2.50. The Balaban J connectivity index is 2.10. The maximum Gasteiger partial charge on any atom is 0.179 e. The van der Waals surface area contributed by atoms with E-state index in [1.807, 2.05) is 0 Å². The molecular formula is C17H19N2+. The Hall–Kier alpha value is -1.70. The Morgan fingerprint density at radius 1 is 1.26 bits per heavy atom. The first kappa shape index (κ1) is 11.2. The Labute approximate surface area is 114 Å². The van der Waals surface area contributed by atoms with Gasteiger partial charge in [0.2, 0.25) is 0 Å². The lowest BCUT2D eigenvalue weighted by Gasteiger charge is -2.32. The molecule has 19 heavy (non-hydrogen) atoms. The zero-order valence-electron chi connectivity index (χ0n) is 11.7. The van der Waals surface area contributed by atoms with E-state index in [1.165, 1.54) is 16.7 Å². The number of fused-ring (bicyclic) bond motifs is 1. The fourth-order valence-electron chi connectivity index (χ4n) is 3.91. The van der Waals surface area contributed by atoms with Crippen molar-refractivity contribution in [3.8, 4) is 0 Å². The molecule has 2 bridgehead atoms. The van der Waals surface area contributed by atoms with Crippen LogP contribution in [-0.4, -0.2) is 36.1 Å². The van der Waals surface area contributed by atoms with Crippen molar-refractivity contribution in [1.29, 1.82) is 0 Å². The van der Waals surface area contributed by atoms with Crippen LogP contribution in [0.3, 0.4) is 0 Å². The maximum atomic E-state index is 4.71. The lowest BCUT2D eigenvalue weighted by Crippen LogP contribution is -2.39. The standard InChI is InChI=1S/C17H19N2/c1-16(2)15-8-12-9-18-10-17(15,11-19(16)3)14-7-5-4-6-13(12)14/h4-8,10-12H,9H2,1-3H3/q+1/t12?,17-/m0/s1. The van der Waals surface area contributed by atoms with Crippen molar-refractivity contribution in [2.45, 2.75) is 30.7 Å².